The minimum atomic E-state index is -1.67. The van der Waals surface area contributed by atoms with Crippen molar-refractivity contribution in [2.24, 2.45) is 0 Å². The molecular formula is C17H24O5. The van der Waals surface area contributed by atoms with Crippen molar-refractivity contribution in [3.05, 3.63) is 35.9 Å². The Kier molecular flexibility index (Phi) is 7.60. The van der Waals surface area contributed by atoms with Crippen LogP contribution in [0, 0.1) is 0 Å². The van der Waals surface area contributed by atoms with Crippen LogP contribution in [0.4, 0.5) is 0 Å². The van der Waals surface area contributed by atoms with Gasteiger partial charge >= 0.3 is 11.9 Å². The van der Waals surface area contributed by atoms with E-state index < -0.39 is 17.5 Å². The molecule has 0 amide bonds. The number of hydrogen-bond donors (Lipinski definition) is 1. The highest BCUT2D eigenvalue weighted by molar-refractivity contribution is 5.80. The Morgan fingerprint density at radius 3 is 2.27 bits per heavy atom. The van der Waals surface area contributed by atoms with Crippen LogP contribution in [0.2, 0.25) is 0 Å². The molecule has 1 rings (SSSR count). The number of aryl methyl sites for hydroxylation is 1. The van der Waals surface area contributed by atoms with Crippen molar-refractivity contribution in [2.75, 3.05) is 13.2 Å². The smallest absolute Gasteiger partial charge is 0.338 e. The highest BCUT2D eigenvalue weighted by Gasteiger charge is 2.37. The monoisotopic (exact) mass is 308 g/mol. The summed E-state index contributed by atoms with van der Waals surface area (Å²) in [4.78, 5) is 23.5. The van der Waals surface area contributed by atoms with Gasteiger partial charge in [-0.2, -0.15) is 0 Å². The molecule has 5 heteroatoms. The van der Waals surface area contributed by atoms with Crippen LogP contribution in [0.1, 0.15) is 38.7 Å². The zero-order chi connectivity index (χ0) is 16.4. The molecule has 0 radical (unpaired) electrons. The molecule has 1 aromatic rings. The lowest BCUT2D eigenvalue weighted by atomic mass is 9.90. The molecule has 22 heavy (non-hydrogen) atoms. The number of carbonyl (C=O) groups excluding carboxylic acids is 2. The Bertz CT molecular complexity index is 471. The van der Waals surface area contributed by atoms with Crippen LogP contribution in [0.15, 0.2) is 30.3 Å². The van der Waals surface area contributed by atoms with Crippen molar-refractivity contribution in [3.8, 4) is 0 Å². The van der Waals surface area contributed by atoms with Crippen molar-refractivity contribution in [3.63, 3.8) is 0 Å². The third-order valence-corrected chi connectivity index (χ3v) is 3.37. The largest absolute Gasteiger partial charge is 0.466 e. The highest BCUT2D eigenvalue weighted by Crippen LogP contribution is 2.22. The van der Waals surface area contributed by atoms with Gasteiger partial charge in [0.15, 0.2) is 5.60 Å². The molecule has 0 spiro atoms. The van der Waals surface area contributed by atoms with Crippen LogP contribution in [-0.2, 0) is 25.5 Å². The minimum Gasteiger partial charge on any atom is -0.466 e. The normalized spacial score (nSPS) is 13.2. The SMILES string of the molecule is CCOC(=O)CCC(O)(CCc1ccccc1)C(=O)OCC. The van der Waals surface area contributed by atoms with Crippen LogP contribution in [0.5, 0.6) is 0 Å². The van der Waals surface area contributed by atoms with E-state index in [1.54, 1.807) is 13.8 Å². The molecule has 0 saturated heterocycles. The van der Waals surface area contributed by atoms with Gasteiger partial charge in [0.1, 0.15) is 0 Å². The van der Waals surface area contributed by atoms with Gasteiger partial charge in [-0.1, -0.05) is 30.3 Å². The quantitative estimate of drug-likeness (QED) is 0.708. The van der Waals surface area contributed by atoms with Gasteiger partial charge in [-0.05, 0) is 38.7 Å². The van der Waals surface area contributed by atoms with E-state index in [0.29, 0.717) is 6.42 Å². The van der Waals surface area contributed by atoms with E-state index in [4.69, 9.17) is 9.47 Å². The average Bonchev–Trinajstić information content (AvgIpc) is 2.52. The number of carbonyl (C=O) groups is 2. The first-order valence-electron chi connectivity index (χ1n) is 7.61. The van der Waals surface area contributed by atoms with Gasteiger partial charge in [0, 0.05) is 6.42 Å². The van der Waals surface area contributed by atoms with E-state index in [-0.39, 0.29) is 32.5 Å². The van der Waals surface area contributed by atoms with Crippen LogP contribution in [0.25, 0.3) is 0 Å². The first-order valence-corrected chi connectivity index (χ1v) is 7.61. The van der Waals surface area contributed by atoms with Crippen molar-refractivity contribution in [1.29, 1.82) is 0 Å². The lowest BCUT2D eigenvalue weighted by Crippen LogP contribution is -2.41. The number of benzene rings is 1. The lowest BCUT2D eigenvalue weighted by Gasteiger charge is -2.25. The molecule has 1 N–H and O–H groups in total. The molecule has 0 aromatic heterocycles. The van der Waals surface area contributed by atoms with E-state index in [1.807, 2.05) is 30.3 Å². The van der Waals surface area contributed by atoms with Gasteiger partial charge < -0.3 is 14.6 Å². The molecule has 5 nitrogen and oxygen atoms in total. The summed E-state index contributed by atoms with van der Waals surface area (Å²) in [6.45, 7) is 3.86. The van der Waals surface area contributed by atoms with Crippen molar-refractivity contribution >= 4 is 11.9 Å². The van der Waals surface area contributed by atoms with Gasteiger partial charge in [-0.25, -0.2) is 4.79 Å². The Morgan fingerprint density at radius 2 is 1.68 bits per heavy atom. The zero-order valence-electron chi connectivity index (χ0n) is 13.2. The Hall–Kier alpha value is -1.88. The fourth-order valence-electron chi connectivity index (χ4n) is 2.13. The Morgan fingerprint density at radius 1 is 1.05 bits per heavy atom. The second-order valence-electron chi connectivity index (χ2n) is 5.04. The summed E-state index contributed by atoms with van der Waals surface area (Å²) < 4.78 is 9.78. The van der Waals surface area contributed by atoms with E-state index >= 15 is 0 Å². The summed E-state index contributed by atoms with van der Waals surface area (Å²) in [6, 6.07) is 9.56. The van der Waals surface area contributed by atoms with E-state index in [0.717, 1.165) is 5.56 Å². The first kappa shape index (κ1) is 18.2. The predicted octanol–water partition coefficient (Wildman–Crippen LogP) is 2.26. The van der Waals surface area contributed by atoms with Crippen LogP contribution >= 0.6 is 0 Å². The molecular weight excluding hydrogens is 284 g/mol. The molecule has 0 heterocycles. The fourth-order valence-corrected chi connectivity index (χ4v) is 2.13. The summed E-state index contributed by atoms with van der Waals surface area (Å²) in [5.41, 5.74) is -0.653. The first-order chi connectivity index (χ1) is 10.5. The van der Waals surface area contributed by atoms with E-state index in [1.165, 1.54) is 0 Å². The molecule has 1 atom stereocenters. The van der Waals surface area contributed by atoms with Gasteiger partial charge in [-0.15, -0.1) is 0 Å². The summed E-state index contributed by atoms with van der Waals surface area (Å²) in [5.74, 6) is -1.11. The predicted molar refractivity (Wildman–Crippen MR) is 82.2 cm³/mol. The van der Waals surface area contributed by atoms with Crippen LogP contribution in [-0.4, -0.2) is 35.9 Å². The van der Waals surface area contributed by atoms with Gasteiger partial charge in [-0.3, -0.25) is 4.79 Å². The number of esters is 2. The maximum absolute atomic E-state index is 12.0. The Balaban J connectivity index is 2.69. The fraction of sp³-hybridized carbons (Fsp3) is 0.529. The summed E-state index contributed by atoms with van der Waals surface area (Å²) in [6.07, 6.45) is 0.712. The summed E-state index contributed by atoms with van der Waals surface area (Å²) in [7, 11) is 0. The third kappa shape index (κ3) is 5.85. The van der Waals surface area contributed by atoms with Crippen LogP contribution in [0.3, 0.4) is 0 Å². The number of ether oxygens (including phenoxy) is 2. The standard InChI is InChI=1S/C17H24O5/c1-3-21-15(18)11-13-17(20,16(19)22-4-2)12-10-14-8-6-5-7-9-14/h5-9,20H,3-4,10-13H2,1-2H3. The van der Waals surface area contributed by atoms with Crippen molar-refractivity contribution in [1.82, 2.24) is 0 Å². The minimum absolute atomic E-state index is 0.00248. The Labute approximate surface area is 131 Å². The summed E-state index contributed by atoms with van der Waals surface area (Å²) >= 11 is 0. The molecule has 122 valence electrons. The molecule has 0 aliphatic rings. The molecule has 0 aliphatic heterocycles. The number of aliphatic hydroxyl groups is 1. The van der Waals surface area contributed by atoms with Gasteiger partial charge in [0.25, 0.3) is 0 Å². The van der Waals surface area contributed by atoms with Crippen LogP contribution < -0.4 is 0 Å². The second-order valence-corrected chi connectivity index (χ2v) is 5.04. The molecule has 1 aromatic carbocycles. The molecule has 0 fully saturated rings. The number of rotatable bonds is 9. The maximum Gasteiger partial charge on any atom is 0.338 e. The van der Waals surface area contributed by atoms with Crippen molar-refractivity contribution < 1.29 is 24.2 Å². The van der Waals surface area contributed by atoms with Gasteiger partial charge in [0.05, 0.1) is 13.2 Å². The number of hydrogen-bond acceptors (Lipinski definition) is 5. The van der Waals surface area contributed by atoms with E-state index in [9.17, 15) is 14.7 Å². The van der Waals surface area contributed by atoms with E-state index in [2.05, 4.69) is 0 Å². The average molecular weight is 308 g/mol. The third-order valence-electron chi connectivity index (χ3n) is 3.37. The highest BCUT2D eigenvalue weighted by atomic mass is 16.5. The topological polar surface area (TPSA) is 72.8 Å². The molecule has 0 bridgehead atoms. The van der Waals surface area contributed by atoms with Gasteiger partial charge in [0.2, 0.25) is 0 Å². The van der Waals surface area contributed by atoms with Crippen molar-refractivity contribution in [2.45, 2.75) is 45.1 Å². The second kappa shape index (κ2) is 9.20. The molecule has 0 aliphatic carbocycles. The lowest BCUT2D eigenvalue weighted by molar-refractivity contribution is -0.167. The zero-order valence-corrected chi connectivity index (χ0v) is 13.2. The molecule has 0 saturated carbocycles. The molecule has 1 unspecified atom stereocenters. The summed E-state index contributed by atoms with van der Waals surface area (Å²) in [5, 5.41) is 10.6. The maximum atomic E-state index is 12.0.